The van der Waals surface area contributed by atoms with Crippen LogP contribution in [0.4, 0.5) is 4.39 Å². The van der Waals surface area contributed by atoms with Gasteiger partial charge >= 0.3 is 0 Å². The Hall–Kier alpha value is -3.11. The summed E-state index contributed by atoms with van der Waals surface area (Å²) in [6.07, 6.45) is 11.7. The van der Waals surface area contributed by atoms with Gasteiger partial charge in [0, 0.05) is 25.0 Å². The zero-order valence-corrected chi connectivity index (χ0v) is 20.2. The molecular weight excluding hydrogens is 525 g/mol. The number of aryl methyl sites for hydroxylation is 1. The third-order valence-electron chi connectivity index (χ3n) is 6.03. The van der Waals surface area contributed by atoms with E-state index in [1.165, 1.54) is 30.8 Å². The maximum atomic E-state index is 14.4. The van der Waals surface area contributed by atoms with Crippen molar-refractivity contribution in [3.05, 3.63) is 81.2 Å². The summed E-state index contributed by atoms with van der Waals surface area (Å²) in [4.78, 5) is 21.6. The predicted octanol–water partition coefficient (Wildman–Crippen LogP) is 4.87. The Morgan fingerprint density at radius 1 is 1.24 bits per heavy atom. The summed E-state index contributed by atoms with van der Waals surface area (Å²) >= 11 is 9.51. The Morgan fingerprint density at radius 2 is 2.09 bits per heavy atom. The second-order valence-corrected chi connectivity index (χ2v) is 9.77. The Bertz CT molecular complexity index is 1570. The van der Waals surface area contributed by atoms with E-state index in [-0.39, 0.29) is 34.9 Å². The van der Waals surface area contributed by atoms with Crippen LogP contribution in [0.3, 0.4) is 0 Å². The first-order valence-corrected chi connectivity index (χ1v) is 12.0. The fourth-order valence-corrected chi connectivity index (χ4v) is 4.85. The number of imidazole rings is 2. The van der Waals surface area contributed by atoms with Gasteiger partial charge in [-0.05, 0) is 58.8 Å². The highest BCUT2D eigenvalue weighted by Crippen LogP contribution is 2.41. The second-order valence-electron chi connectivity index (χ2n) is 8.51. The molecule has 11 heteroatoms. The molecule has 8 nitrogen and oxygen atoms in total. The molecule has 1 aliphatic carbocycles. The fourth-order valence-electron chi connectivity index (χ4n) is 4.14. The molecule has 5 aromatic rings. The van der Waals surface area contributed by atoms with Crippen LogP contribution in [0, 0.1) is 5.82 Å². The van der Waals surface area contributed by atoms with Gasteiger partial charge < -0.3 is 8.80 Å². The number of hydrogen-bond donors (Lipinski definition) is 0. The van der Waals surface area contributed by atoms with Crippen molar-refractivity contribution in [2.24, 2.45) is 0 Å². The van der Waals surface area contributed by atoms with Crippen molar-refractivity contribution in [1.29, 1.82) is 0 Å². The Balaban J connectivity index is 1.16. The van der Waals surface area contributed by atoms with E-state index in [0.717, 1.165) is 15.8 Å². The van der Waals surface area contributed by atoms with E-state index < -0.39 is 5.82 Å². The van der Waals surface area contributed by atoms with Gasteiger partial charge in [0.1, 0.15) is 11.2 Å². The summed E-state index contributed by atoms with van der Waals surface area (Å²) in [5.41, 5.74) is 3.98. The number of halogens is 3. The fraction of sp³-hybridized carbons (Fsp3) is 0.261. The smallest absolute Gasteiger partial charge is 0.185 e. The molecule has 172 valence electrons. The number of ketones is 1. The van der Waals surface area contributed by atoms with Crippen LogP contribution in [0.25, 0.3) is 11.2 Å². The number of fused-ring (bicyclic) bond motifs is 2. The topological polar surface area (TPSA) is 82.4 Å². The van der Waals surface area contributed by atoms with Gasteiger partial charge in [-0.25, -0.2) is 19.0 Å². The lowest BCUT2D eigenvalue weighted by Gasteiger charge is -2.01. The monoisotopic (exact) mass is 541 g/mol. The highest BCUT2D eigenvalue weighted by molar-refractivity contribution is 9.10. The lowest BCUT2D eigenvalue weighted by molar-refractivity contribution is 0.0977. The summed E-state index contributed by atoms with van der Waals surface area (Å²) in [6.45, 7) is 0.391. The Labute approximate surface area is 206 Å². The molecule has 6 rings (SSSR count). The van der Waals surface area contributed by atoms with E-state index in [0.29, 0.717) is 18.2 Å². The van der Waals surface area contributed by atoms with Crippen molar-refractivity contribution in [1.82, 2.24) is 33.8 Å². The first-order valence-electron chi connectivity index (χ1n) is 10.9. The van der Waals surface area contributed by atoms with E-state index in [1.54, 1.807) is 21.5 Å². The van der Waals surface area contributed by atoms with Gasteiger partial charge in [0.2, 0.25) is 0 Å². The van der Waals surface area contributed by atoms with Crippen molar-refractivity contribution in [3.8, 4) is 0 Å². The van der Waals surface area contributed by atoms with E-state index in [2.05, 4.69) is 48.5 Å². The normalized spacial score (nSPS) is 13.9. The number of Topliss-reactive ketones (excluding diaryl/α,β-unsaturated/α-hetero) is 1. The van der Waals surface area contributed by atoms with Gasteiger partial charge in [-0.15, -0.1) is 5.10 Å². The molecule has 5 aromatic heterocycles. The van der Waals surface area contributed by atoms with Crippen molar-refractivity contribution >= 4 is 44.5 Å². The minimum absolute atomic E-state index is 0.0197. The van der Waals surface area contributed by atoms with Crippen LogP contribution in [-0.2, 0) is 13.0 Å². The molecule has 0 saturated heterocycles. The molecule has 1 saturated carbocycles. The highest BCUT2D eigenvalue weighted by Gasteiger charge is 2.25. The summed E-state index contributed by atoms with van der Waals surface area (Å²) < 4.78 is 20.5. The van der Waals surface area contributed by atoms with Gasteiger partial charge in [0.25, 0.3) is 0 Å². The van der Waals surface area contributed by atoms with Crippen LogP contribution in [-0.4, -0.2) is 39.5 Å². The number of pyridine rings is 2. The van der Waals surface area contributed by atoms with Crippen molar-refractivity contribution in [3.63, 3.8) is 0 Å². The summed E-state index contributed by atoms with van der Waals surface area (Å²) in [7, 11) is 0. The summed E-state index contributed by atoms with van der Waals surface area (Å²) in [5.74, 6) is -0.0934. The minimum Gasteiger partial charge on any atom is -0.306 e. The molecule has 0 amide bonds. The summed E-state index contributed by atoms with van der Waals surface area (Å²) in [6, 6.07) is 3.60. The van der Waals surface area contributed by atoms with Gasteiger partial charge in [0.05, 0.1) is 40.0 Å². The van der Waals surface area contributed by atoms with Crippen molar-refractivity contribution < 1.29 is 9.18 Å². The van der Waals surface area contributed by atoms with Gasteiger partial charge in [-0.3, -0.25) is 4.79 Å². The molecule has 0 radical (unpaired) electrons. The molecular formula is C23H18BrClFN7O. The molecule has 0 aromatic carbocycles. The SMILES string of the molecule is O=C(CCc1ncn2ccc(Cl)c(F)c12)c1cn(Cc2cn3cc(C4CC4)cc(Br)c3n2)nn1. The number of carbonyl (C=O) groups excluding carboxylic acids is 1. The van der Waals surface area contributed by atoms with E-state index >= 15 is 0 Å². The first-order chi connectivity index (χ1) is 16.5. The standard InChI is InChI=1S/C23H18BrClFN7O/c24-16-7-14(13-1-2-13)8-32-9-15(28-23(16)32)10-33-11-19(29-30-33)20(34)4-3-18-22-21(26)17(25)5-6-31(22)12-27-18/h5-9,11-13H,1-4,10H2. The number of hydrogen-bond acceptors (Lipinski definition) is 5. The lowest BCUT2D eigenvalue weighted by atomic mass is 10.1. The predicted molar refractivity (Wildman–Crippen MR) is 127 cm³/mol. The first kappa shape index (κ1) is 21.4. The van der Waals surface area contributed by atoms with Crippen LogP contribution in [0.15, 0.2) is 47.7 Å². The number of rotatable bonds is 7. The van der Waals surface area contributed by atoms with Crippen LogP contribution in [0.5, 0.6) is 0 Å². The molecule has 1 fully saturated rings. The number of carbonyl (C=O) groups is 1. The van der Waals surface area contributed by atoms with Crippen molar-refractivity contribution in [2.45, 2.75) is 38.1 Å². The van der Waals surface area contributed by atoms with Crippen LogP contribution < -0.4 is 0 Å². The number of nitrogens with zero attached hydrogens (tertiary/aromatic N) is 7. The van der Waals surface area contributed by atoms with Gasteiger partial charge in [0.15, 0.2) is 17.2 Å². The molecule has 1 aliphatic rings. The maximum Gasteiger partial charge on any atom is 0.185 e. The average Bonchev–Trinajstić information content (AvgIpc) is 3.22. The molecule has 0 aliphatic heterocycles. The summed E-state index contributed by atoms with van der Waals surface area (Å²) in [5, 5.41) is 8.13. The Morgan fingerprint density at radius 3 is 2.91 bits per heavy atom. The maximum absolute atomic E-state index is 14.4. The highest BCUT2D eigenvalue weighted by atomic mass is 79.9. The molecule has 0 atom stereocenters. The lowest BCUT2D eigenvalue weighted by Crippen LogP contribution is -2.03. The van der Waals surface area contributed by atoms with E-state index in [1.807, 2.05) is 10.6 Å². The number of aromatic nitrogens is 7. The molecule has 5 heterocycles. The minimum atomic E-state index is -0.543. The van der Waals surface area contributed by atoms with Gasteiger partial charge in [-0.2, -0.15) is 0 Å². The molecule has 34 heavy (non-hydrogen) atoms. The second kappa shape index (κ2) is 8.28. The largest absolute Gasteiger partial charge is 0.306 e. The molecule has 0 spiro atoms. The average molecular weight is 543 g/mol. The Kier molecular flexibility index (Phi) is 5.22. The van der Waals surface area contributed by atoms with Crippen LogP contribution in [0.1, 0.15) is 52.6 Å². The van der Waals surface area contributed by atoms with E-state index in [4.69, 9.17) is 11.6 Å². The third-order valence-corrected chi connectivity index (χ3v) is 6.91. The molecule has 0 bridgehead atoms. The van der Waals surface area contributed by atoms with E-state index in [9.17, 15) is 9.18 Å². The molecule has 0 unspecified atom stereocenters. The quantitative estimate of drug-likeness (QED) is 0.274. The van der Waals surface area contributed by atoms with Crippen molar-refractivity contribution in [2.75, 3.05) is 0 Å². The van der Waals surface area contributed by atoms with Gasteiger partial charge in [-0.1, -0.05) is 16.8 Å². The van der Waals surface area contributed by atoms with Crippen LogP contribution in [0.2, 0.25) is 5.02 Å². The van der Waals surface area contributed by atoms with Crippen LogP contribution >= 0.6 is 27.5 Å². The molecule has 0 N–H and O–H groups in total. The zero-order chi connectivity index (χ0) is 23.4. The third kappa shape index (κ3) is 3.90. The zero-order valence-electron chi connectivity index (χ0n) is 17.8.